The number of nitrogens with zero attached hydrogens (tertiary/aromatic N) is 2. The van der Waals surface area contributed by atoms with Crippen molar-refractivity contribution in [2.45, 2.75) is 33.6 Å². The van der Waals surface area contributed by atoms with Gasteiger partial charge >= 0.3 is 5.97 Å². The van der Waals surface area contributed by atoms with Crippen LogP contribution in [0, 0.1) is 5.82 Å². The summed E-state index contributed by atoms with van der Waals surface area (Å²) in [5, 5.41) is 3.13. The number of ether oxygens (including phenoxy) is 1. The van der Waals surface area contributed by atoms with E-state index in [1.807, 2.05) is 6.92 Å². The van der Waals surface area contributed by atoms with E-state index >= 15 is 0 Å². The number of aromatic amines is 1. The molecular formula is C23H24FN3O3. The van der Waals surface area contributed by atoms with Crippen LogP contribution in [0.4, 0.5) is 10.1 Å². The fourth-order valence-corrected chi connectivity index (χ4v) is 3.19. The van der Waals surface area contributed by atoms with Gasteiger partial charge in [-0.15, -0.1) is 0 Å². The number of hydrogen-bond acceptors (Lipinski definition) is 4. The van der Waals surface area contributed by atoms with E-state index in [9.17, 15) is 14.0 Å². The standard InChI is InChI=1S/C23H24FN3O3/c1-4-6-20-21(22(28)27(26-20)19-13-9-17(24)10-14-19)15(3)25-18-11-7-16(8-12-18)23(29)30-5-2/h7-14,26H,4-6H2,1-3H3. The van der Waals surface area contributed by atoms with Crippen molar-refractivity contribution in [3.8, 4) is 5.69 Å². The number of rotatable bonds is 7. The van der Waals surface area contributed by atoms with Crippen LogP contribution in [0.1, 0.15) is 48.8 Å². The van der Waals surface area contributed by atoms with Gasteiger partial charge in [-0.1, -0.05) is 13.3 Å². The number of nitrogens with one attached hydrogen (secondary N) is 1. The second-order valence-electron chi connectivity index (χ2n) is 6.80. The second-order valence-corrected chi connectivity index (χ2v) is 6.80. The van der Waals surface area contributed by atoms with Gasteiger partial charge in [0, 0.05) is 5.69 Å². The molecule has 1 heterocycles. The smallest absolute Gasteiger partial charge is 0.338 e. The molecule has 6 nitrogen and oxygen atoms in total. The first kappa shape index (κ1) is 21.2. The molecule has 0 saturated heterocycles. The molecule has 0 spiro atoms. The van der Waals surface area contributed by atoms with Crippen molar-refractivity contribution in [2.75, 3.05) is 6.61 Å². The van der Waals surface area contributed by atoms with Crippen LogP contribution in [0.5, 0.6) is 0 Å². The number of aryl methyl sites for hydroxylation is 1. The summed E-state index contributed by atoms with van der Waals surface area (Å²) in [6, 6.07) is 12.4. The highest BCUT2D eigenvalue weighted by Crippen LogP contribution is 2.17. The molecule has 1 N–H and O–H groups in total. The number of hydrogen-bond donors (Lipinski definition) is 1. The average Bonchev–Trinajstić information content (AvgIpc) is 3.05. The Hall–Kier alpha value is -3.48. The first-order chi connectivity index (χ1) is 14.4. The van der Waals surface area contributed by atoms with Crippen LogP contribution >= 0.6 is 0 Å². The van der Waals surface area contributed by atoms with Gasteiger partial charge in [0.15, 0.2) is 0 Å². The molecule has 3 aromatic rings. The third-order valence-electron chi connectivity index (χ3n) is 4.59. The van der Waals surface area contributed by atoms with Crippen molar-refractivity contribution in [3.05, 3.63) is 81.5 Å². The summed E-state index contributed by atoms with van der Waals surface area (Å²) in [6.45, 7) is 5.87. The van der Waals surface area contributed by atoms with Gasteiger partial charge in [-0.25, -0.2) is 13.9 Å². The number of aromatic nitrogens is 2. The zero-order valence-corrected chi connectivity index (χ0v) is 17.2. The van der Waals surface area contributed by atoms with E-state index in [0.29, 0.717) is 41.2 Å². The fraction of sp³-hybridized carbons (Fsp3) is 0.261. The zero-order chi connectivity index (χ0) is 21.7. The molecule has 0 atom stereocenters. The Kier molecular flexibility index (Phi) is 6.61. The lowest BCUT2D eigenvalue weighted by molar-refractivity contribution is 0.0526. The maximum atomic E-state index is 13.3. The van der Waals surface area contributed by atoms with Crippen molar-refractivity contribution < 1.29 is 13.9 Å². The predicted molar refractivity (Wildman–Crippen MR) is 115 cm³/mol. The molecular weight excluding hydrogens is 385 g/mol. The highest BCUT2D eigenvalue weighted by atomic mass is 19.1. The highest BCUT2D eigenvalue weighted by Gasteiger charge is 2.17. The Balaban J connectivity index is 1.98. The Bertz CT molecular complexity index is 1110. The number of aliphatic imine (C=N–C) groups is 1. The van der Waals surface area contributed by atoms with Crippen LogP contribution in [0.15, 0.2) is 58.3 Å². The van der Waals surface area contributed by atoms with Crippen LogP contribution in [0.2, 0.25) is 0 Å². The Labute approximate surface area is 174 Å². The molecule has 156 valence electrons. The number of benzene rings is 2. The monoisotopic (exact) mass is 409 g/mol. The molecule has 0 aliphatic rings. The lowest BCUT2D eigenvalue weighted by Gasteiger charge is -2.03. The fourth-order valence-electron chi connectivity index (χ4n) is 3.19. The SMILES string of the molecule is CCCc1[nH]n(-c2ccc(F)cc2)c(=O)c1C(C)=Nc1ccc(C(=O)OCC)cc1. The summed E-state index contributed by atoms with van der Waals surface area (Å²) in [5.41, 5.74) is 3.21. The van der Waals surface area contributed by atoms with Gasteiger partial charge < -0.3 is 4.74 Å². The molecule has 0 saturated carbocycles. The zero-order valence-electron chi connectivity index (χ0n) is 17.2. The number of esters is 1. The highest BCUT2D eigenvalue weighted by molar-refractivity contribution is 6.01. The summed E-state index contributed by atoms with van der Waals surface area (Å²) in [7, 11) is 0. The molecule has 0 fully saturated rings. The van der Waals surface area contributed by atoms with Crippen molar-refractivity contribution in [2.24, 2.45) is 4.99 Å². The van der Waals surface area contributed by atoms with Gasteiger partial charge in [0.2, 0.25) is 0 Å². The maximum Gasteiger partial charge on any atom is 0.338 e. The second kappa shape index (κ2) is 9.35. The number of carbonyl (C=O) groups excluding carboxylic acids is 1. The first-order valence-corrected chi connectivity index (χ1v) is 9.87. The normalized spacial score (nSPS) is 11.5. The molecule has 30 heavy (non-hydrogen) atoms. The molecule has 0 unspecified atom stereocenters. The van der Waals surface area contributed by atoms with Crippen LogP contribution in [0.25, 0.3) is 5.69 Å². The minimum absolute atomic E-state index is 0.241. The molecule has 0 amide bonds. The van der Waals surface area contributed by atoms with Gasteiger partial charge in [0.05, 0.1) is 34.8 Å². The average molecular weight is 409 g/mol. The minimum Gasteiger partial charge on any atom is -0.462 e. The number of H-pyrrole nitrogens is 1. The third-order valence-corrected chi connectivity index (χ3v) is 4.59. The van der Waals surface area contributed by atoms with E-state index in [4.69, 9.17) is 4.74 Å². The van der Waals surface area contributed by atoms with E-state index in [1.54, 1.807) is 50.2 Å². The molecule has 0 aliphatic carbocycles. The van der Waals surface area contributed by atoms with Crippen molar-refractivity contribution in [3.63, 3.8) is 0 Å². The van der Waals surface area contributed by atoms with E-state index in [1.165, 1.54) is 16.8 Å². The quantitative estimate of drug-likeness (QED) is 0.459. The van der Waals surface area contributed by atoms with Crippen molar-refractivity contribution in [1.29, 1.82) is 0 Å². The lowest BCUT2D eigenvalue weighted by atomic mass is 10.1. The molecule has 1 aromatic heterocycles. The van der Waals surface area contributed by atoms with E-state index in [2.05, 4.69) is 10.1 Å². The van der Waals surface area contributed by atoms with Crippen LogP contribution in [-0.2, 0) is 11.2 Å². The van der Waals surface area contributed by atoms with Crippen molar-refractivity contribution >= 4 is 17.4 Å². The van der Waals surface area contributed by atoms with Gasteiger partial charge in [-0.05, 0) is 68.8 Å². The van der Waals surface area contributed by atoms with Gasteiger partial charge in [-0.3, -0.25) is 14.9 Å². The molecule has 0 bridgehead atoms. The summed E-state index contributed by atoms with van der Waals surface area (Å²) in [4.78, 5) is 29.5. The topological polar surface area (TPSA) is 76.5 Å². The Morgan fingerprint density at radius 1 is 1.10 bits per heavy atom. The van der Waals surface area contributed by atoms with Crippen LogP contribution in [0.3, 0.4) is 0 Å². The molecule has 0 radical (unpaired) electrons. The molecule has 3 rings (SSSR count). The Morgan fingerprint density at radius 3 is 2.37 bits per heavy atom. The lowest BCUT2D eigenvalue weighted by Crippen LogP contribution is -2.19. The number of carbonyl (C=O) groups is 1. The predicted octanol–water partition coefficient (Wildman–Crippen LogP) is 4.57. The van der Waals surface area contributed by atoms with E-state index in [0.717, 1.165) is 12.1 Å². The van der Waals surface area contributed by atoms with Gasteiger partial charge in [-0.2, -0.15) is 0 Å². The largest absolute Gasteiger partial charge is 0.462 e. The molecule has 0 aliphatic heterocycles. The van der Waals surface area contributed by atoms with Crippen LogP contribution in [-0.4, -0.2) is 28.1 Å². The summed E-state index contributed by atoms with van der Waals surface area (Å²) >= 11 is 0. The Morgan fingerprint density at radius 2 is 1.77 bits per heavy atom. The first-order valence-electron chi connectivity index (χ1n) is 9.87. The summed E-state index contributed by atoms with van der Waals surface area (Å²) in [6.07, 6.45) is 1.52. The molecule has 7 heteroatoms. The molecule has 2 aromatic carbocycles. The maximum absolute atomic E-state index is 13.3. The third kappa shape index (κ3) is 4.56. The summed E-state index contributed by atoms with van der Waals surface area (Å²) in [5.74, 6) is -0.751. The number of halogens is 1. The van der Waals surface area contributed by atoms with Crippen molar-refractivity contribution in [1.82, 2.24) is 9.78 Å². The van der Waals surface area contributed by atoms with Crippen LogP contribution < -0.4 is 5.56 Å². The van der Waals surface area contributed by atoms with Gasteiger partial charge in [0.25, 0.3) is 5.56 Å². The van der Waals surface area contributed by atoms with E-state index in [-0.39, 0.29) is 17.3 Å². The summed E-state index contributed by atoms with van der Waals surface area (Å²) < 4.78 is 19.6. The van der Waals surface area contributed by atoms with Gasteiger partial charge in [0.1, 0.15) is 5.82 Å². The minimum atomic E-state index is -0.386. The van der Waals surface area contributed by atoms with E-state index < -0.39 is 0 Å².